The van der Waals surface area contributed by atoms with Gasteiger partial charge in [0.05, 0.1) is 6.21 Å². The number of benzene rings is 3. The number of carbonyl (C=O) groups is 1. The van der Waals surface area contributed by atoms with E-state index in [9.17, 15) is 15.0 Å². The topological polar surface area (TPSA) is 94.0 Å². The smallest absolute Gasteiger partial charge is 0.262 e. The molecule has 0 aliphatic heterocycles. The summed E-state index contributed by atoms with van der Waals surface area (Å²) in [5.74, 6) is -0.478. The fourth-order valence-corrected chi connectivity index (χ4v) is 2.55. The number of amides is 1. The normalized spacial score (nSPS) is 12.2. The molecular weight excluding hydrogens is 330 g/mol. The molecule has 0 fully saturated rings. The molecule has 3 aromatic carbocycles. The van der Waals surface area contributed by atoms with Crippen molar-refractivity contribution in [1.82, 2.24) is 5.43 Å². The predicted octanol–water partition coefficient (Wildman–Crippen LogP) is 3.20. The van der Waals surface area contributed by atoms with Crippen LogP contribution >= 0.6 is 0 Å². The van der Waals surface area contributed by atoms with Crippen molar-refractivity contribution < 1.29 is 15.0 Å². The van der Waals surface area contributed by atoms with Crippen LogP contribution < -0.4 is 10.7 Å². The monoisotopic (exact) mass is 349 g/mol. The first-order valence-electron chi connectivity index (χ1n) is 8.14. The number of nitrogens with zero attached hydrogens (tertiary/aromatic N) is 1. The Kier molecular flexibility index (Phi) is 5.03. The lowest BCUT2D eigenvalue weighted by Crippen LogP contribution is -2.34. The van der Waals surface area contributed by atoms with Gasteiger partial charge in [0, 0.05) is 22.7 Å². The highest BCUT2D eigenvalue weighted by Crippen LogP contribution is 2.23. The first-order valence-corrected chi connectivity index (χ1v) is 8.14. The van der Waals surface area contributed by atoms with E-state index in [1.807, 2.05) is 42.5 Å². The van der Waals surface area contributed by atoms with E-state index in [0.717, 1.165) is 16.5 Å². The van der Waals surface area contributed by atoms with Crippen molar-refractivity contribution in [1.29, 1.82) is 0 Å². The molecule has 0 saturated heterocycles. The summed E-state index contributed by atoms with van der Waals surface area (Å²) in [7, 11) is 0. The number of anilines is 1. The maximum Gasteiger partial charge on any atom is 0.262 e. The molecule has 0 aliphatic rings. The van der Waals surface area contributed by atoms with Gasteiger partial charge in [0.15, 0.2) is 0 Å². The van der Waals surface area contributed by atoms with Crippen LogP contribution in [0.4, 0.5) is 5.69 Å². The minimum absolute atomic E-state index is 0.0448. The number of carbonyl (C=O) groups excluding carboxylic acids is 1. The first-order chi connectivity index (χ1) is 12.5. The van der Waals surface area contributed by atoms with E-state index in [2.05, 4.69) is 15.8 Å². The summed E-state index contributed by atoms with van der Waals surface area (Å²) in [5.41, 5.74) is 3.69. The van der Waals surface area contributed by atoms with Crippen LogP contribution in [0.5, 0.6) is 11.5 Å². The molecule has 1 atom stereocenters. The molecular formula is C20H19N3O3. The van der Waals surface area contributed by atoms with Crippen LogP contribution in [0.25, 0.3) is 10.8 Å². The average Bonchev–Trinajstić information content (AvgIpc) is 2.63. The van der Waals surface area contributed by atoms with Gasteiger partial charge in [0.1, 0.15) is 17.5 Å². The van der Waals surface area contributed by atoms with Gasteiger partial charge in [-0.05, 0) is 30.5 Å². The Balaban J connectivity index is 1.65. The summed E-state index contributed by atoms with van der Waals surface area (Å²) in [6, 6.07) is 17.4. The number of phenolic OH excluding ortho intramolecular Hbond substituents is 2. The number of rotatable bonds is 5. The lowest BCUT2D eigenvalue weighted by Gasteiger charge is -2.15. The molecule has 3 rings (SSSR count). The van der Waals surface area contributed by atoms with Crippen molar-refractivity contribution in [2.24, 2.45) is 5.10 Å². The fourth-order valence-electron chi connectivity index (χ4n) is 2.55. The standard InChI is InChI=1S/C20H19N3O3/c1-13(22-18-8-4-6-14-5-2-3-7-17(14)18)20(26)23-21-12-15-9-10-16(24)11-19(15)25/h2-13,22,24-25H,1H3,(H,23,26)/b21-12+/t13-/m1/s1. The van der Waals surface area contributed by atoms with Gasteiger partial charge < -0.3 is 15.5 Å². The minimum atomic E-state index is -0.508. The Bertz CT molecular complexity index is 964. The lowest BCUT2D eigenvalue weighted by atomic mass is 10.1. The second-order valence-electron chi connectivity index (χ2n) is 5.87. The molecule has 1 amide bonds. The molecule has 0 aliphatic carbocycles. The molecule has 0 bridgehead atoms. The number of phenols is 2. The molecule has 4 N–H and O–H groups in total. The fraction of sp³-hybridized carbons (Fsp3) is 0.100. The third-order valence-electron chi connectivity index (χ3n) is 3.95. The van der Waals surface area contributed by atoms with Gasteiger partial charge in [-0.1, -0.05) is 36.4 Å². The van der Waals surface area contributed by atoms with Crippen LogP contribution in [-0.4, -0.2) is 28.4 Å². The van der Waals surface area contributed by atoms with Gasteiger partial charge in [0.25, 0.3) is 5.91 Å². The number of hydrogen-bond donors (Lipinski definition) is 4. The number of nitrogens with one attached hydrogen (secondary N) is 2. The zero-order valence-corrected chi connectivity index (χ0v) is 14.2. The van der Waals surface area contributed by atoms with E-state index in [1.165, 1.54) is 24.4 Å². The maximum atomic E-state index is 12.2. The third kappa shape index (κ3) is 3.92. The zero-order valence-electron chi connectivity index (χ0n) is 14.2. The predicted molar refractivity (Wildman–Crippen MR) is 103 cm³/mol. The van der Waals surface area contributed by atoms with Crippen molar-refractivity contribution in [2.45, 2.75) is 13.0 Å². The number of hydrazone groups is 1. The van der Waals surface area contributed by atoms with Gasteiger partial charge >= 0.3 is 0 Å². The Hall–Kier alpha value is -3.54. The van der Waals surface area contributed by atoms with Gasteiger partial charge in [-0.2, -0.15) is 5.10 Å². The Morgan fingerprint density at radius 3 is 2.65 bits per heavy atom. The number of fused-ring (bicyclic) bond motifs is 1. The molecule has 0 spiro atoms. The van der Waals surface area contributed by atoms with E-state index < -0.39 is 6.04 Å². The van der Waals surface area contributed by atoms with Crippen LogP contribution in [0.2, 0.25) is 0 Å². The van der Waals surface area contributed by atoms with E-state index in [4.69, 9.17) is 0 Å². The second-order valence-corrected chi connectivity index (χ2v) is 5.87. The Morgan fingerprint density at radius 1 is 1.08 bits per heavy atom. The van der Waals surface area contributed by atoms with Gasteiger partial charge in [-0.3, -0.25) is 4.79 Å². The Morgan fingerprint density at radius 2 is 1.85 bits per heavy atom. The summed E-state index contributed by atoms with van der Waals surface area (Å²) < 4.78 is 0. The maximum absolute atomic E-state index is 12.2. The second kappa shape index (κ2) is 7.57. The highest BCUT2D eigenvalue weighted by atomic mass is 16.3. The van der Waals surface area contributed by atoms with E-state index in [0.29, 0.717) is 5.56 Å². The van der Waals surface area contributed by atoms with Crippen molar-refractivity contribution >= 4 is 28.6 Å². The molecule has 0 heterocycles. The minimum Gasteiger partial charge on any atom is -0.508 e. The van der Waals surface area contributed by atoms with Crippen LogP contribution in [0.15, 0.2) is 65.8 Å². The number of hydrogen-bond acceptors (Lipinski definition) is 5. The van der Waals surface area contributed by atoms with Crippen molar-refractivity contribution in [2.75, 3.05) is 5.32 Å². The summed E-state index contributed by atoms with van der Waals surface area (Å²) in [4.78, 5) is 12.2. The summed E-state index contributed by atoms with van der Waals surface area (Å²) in [6.07, 6.45) is 1.32. The molecule has 0 aromatic heterocycles. The van der Waals surface area contributed by atoms with Gasteiger partial charge in [-0.25, -0.2) is 5.43 Å². The molecule has 0 saturated carbocycles. The summed E-state index contributed by atoms with van der Waals surface area (Å²) >= 11 is 0. The van der Waals surface area contributed by atoms with E-state index in [1.54, 1.807) is 6.92 Å². The third-order valence-corrected chi connectivity index (χ3v) is 3.95. The molecule has 6 nitrogen and oxygen atoms in total. The quantitative estimate of drug-likeness (QED) is 0.420. The molecule has 0 radical (unpaired) electrons. The SMILES string of the molecule is C[C@@H](Nc1cccc2ccccc12)C(=O)N/N=C/c1ccc(O)cc1O. The lowest BCUT2D eigenvalue weighted by molar-refractivity contribution is -0.121. The van der Waals surface area contributed by atoms with Crippen molar-refractivity contribution in [3.8, 4) is 11.5 Å². The molecule has 6 heteroatoms. The van der Waals surface area contributed by atoms with Gasteiger partial charge in [-0.15, -0.1) is 0 Å². The van der Waals surface area contributed by atoms with Crippen LogP contribution in [0.3, 0.4) is 0 Å². The first kappa shape index (κ1) is 17.3. The van der Waals surface area contributed by atoms with E-state index in [-0.39, 0.29) is 17.4 Å². The largest absolute Gasteiger partial charge is 0.508 e. The molecule has 0 unspecified atom stereocenters. The highest BCUT2D eigenvalue weighted by Gasteiger charge is 2.13. The van der Waals surface area contributed by atoms with Crippen LogP contribution in [-0.2, 0) is 4.79 Å². The average molecular weight is 349 g/mol. The molecule has 3 aromatic rings. The zero-order chi connectivity index (χ0) is 18.5. The summed E-state index contributed by atoms with van der Waals surface area (Å²) in [6.45, 7) is 1.74. The van der Waals surface area contributed by atoms with Crippen LogP contribution in [0, 0.1) is 0 Å². The van der Waals surface area contributed by atoms with Gasteiger partial charge in [0.2, 0.25) is 0 Å². The molecule has 132 valence electrons. The summed E-state index contributed by atoms with van der Waals surface area (Å²) in [5, 5.41) is 28.1. The highest BCUT2D eigenvalue weighted by molar-refractivity contribution is 5.96. The van der Waals surface area contributed by atoms with Crippen molar-refractivity contribution in [3.63, 3.8) is 0 Å². The molecule has 26 heavy (non-hydrogen) atoms. The van der Waals surface area contributed by atoms with Crippen LogP contribution in [0.1, 0.15) is 12.5 Å². The van der Waals surface area contributed by atoms with E-state index >= 15 is 0 Å². The van der Waals surface area contributed by atoms with Crippen molar-refractivity contribution in [3.05, 3.63) is 66.2 Å². The Labute approximate surface area is 150 Å². The number of aromatic hydroxyl groups is 2.